The SMILES string of the molecule is CC(C)(C)c1ccc2cc(C#N)c(C#N)c(-c3cccc(CC(F)(F)F)c3)c2c1. The first-order valence-electron chi connectivity index (χ1n) is 9.11. The number of alkyl halides is 3. The van der Waals surface area contributed by atoms with Crippen LogP contribution in [0.4, 0.5) is 13.2 Å². The maximum Gasteiger partial charge on any atom is 0.393 e. The lowest BCUT2D eigenvalue weighted by molar-refractivity contribution is -0.127. The van der Waals surface area contributed by atoms with E-state index in [9.17, 15) is 23.7 Å². The minimum atomic E-state index is -4.33. The molecule has 0 amide bonds. The number of nitriles is 2. The highest BCUT2D eigenvalue weighted by atomic mass is 19.4. The van der Waals surface area contributed by atoms with Gasteiger partial charge in [-0.05, 0) is 45.0 Å². The van der Waals surface area contributed by atoms with Crippen LogP contribution in [0, 0.1) is 22.7 Å². The first-order chi connectivity index (χ1) is 13.5. The summed E-state index contributed by atoms with van der Waals surface area (Å²) in [5.41, 5.74) is 2.38. The number of halogens is 3. The van der Waals surface area contributed by atoms with E-state index in [0.29, 0.717) is 11.1 Å². The highest BCUT2D eigenvalue weighted by molar-refractivity contribution is 6.01. The van der Waals surface area contributed by atoms with Crippen molar-refractivity contribution in [1.82, 2.24) is 0 Å². The lowest BCUT2D eigenvalue weighted by atomic mass is 9.83. The summed E-state index contributed by atoms with van der Waals surface area (Å²) in [6.07, 6.45) is -5.38. The zero-order valence-electron chi connectivity index (χ0n) is 16.4. The van der Waals surface area contributed by atoms with E-state index in [4.69, 9.17) is 0 Å². The number of benzene rings is 3. The summed E-state index contributed by atoms with van der Waals surface area (Å²) in [4.78, 5) is 0. The molecule has 0 aliphatic carbocycles. The van der Waals surface area contributed by atoms with Crippen LogP contribution in [0.15, 0.2) is 48.5 Å². The number of hydrogen-bond donors (Lipinski definition) is 0. The Morgan fingerprint density at radius 3 is 2.21 bits per heavy atom. The van der Waals surface area contributed by atoms with Crippen LogP contribution in [0.25, 0.3) is 21.9 Å². The van der Waals surface area contributed by atoms with Crippen LogP contribution in [0.2, 0.25) is 0 Å². The summed E-state index contributed by atoms with van der Waals surface area (Å²) in [5.74, 6) is 0. The van der Waals surface area contributed by atoms with Gasteiger partial charge in [-0.25, -0.2) is 0 Å². The number of hydrogen-bond acceptors (Lipinski definition) is 2. The minimum Gasteiger partial charge on any atom is -0.192 e. The van der Waals surface area contributed by atoms with E-state index < -0.39 is 12.6 Å². The molecule has 0 aromatic heterocycles. The number of nitrogens with zero attached hydrogens (tertiary/aromatic N) is 2. The van der Waals surface area contributed by atoms with Crippen LogP contribution in [0.3, 0.4) is 0 Å². The van der Waals surface area contributed by atoms with Gasteiger partial charge in [0.2, 0.25) is 0 Å². The maximum absolute atomic E-state index is 12.9. The van der Waals surface area contributed by atoms with Crippen molar-refractivity contribution in [3.05, 3.63) is 70.8 Å². The van der Waals surface area contributed by atoms with Gasteiger partial charge < -0.3 is 0 Å². The molecule has 146 valence electrons. The molecule has 0 saturated heterocycles. The summed E-state index contributed by atoms with van der Waals surface area (Å²) in [6, 6.07) is 17.7. The highest BCUT2D eigenvalue weighted by Gasteiger charge is 2.28. The third-order valence-corrected chi connectivity index (χ3v) is 4.86. The van der Waals surface area contributed by atoms with Gasteiger partial charge >= 0.3 is 6.18 Å². The lowest BCUT2D eigenvalue weighted by Crippen LogP contribution is -2.11. The Labute approximate surface area is 167 Å². The molecule has 0 aliphatic heterocycles. The Bertz CT molecular complexity index is 1170. The molecule has 0 fully saturated rings. The Kier molecular flexibility index (Phi) is 5.11. The second-order valence-corrected chi connectivity index (χ2v) is 8.08. The second-order valence-electron chi connectivity index (χ2n) is 8.08. The number of fused-ring (bicyclic) bond motifs is 1. The van der Waals surface area contributed by atoms with E-state index in [2.05, 4.69) is 26.8 Å². The first-order valence-corrected chi connectivity index (χ1v) is 9.11. The molecule has 3 aromatic rings. The van der Waals surface area contributed by atoms with E-state index in [-0.39, 0.29) is 22.1 Å². The molecule has 0 saturated carbocycles. The molecule has 0 heterocycles. The molecule has 0 aliphatic rings. The van der Waals surface area contributed by atoms with Gasteiger partial charge in [-0.2, -0.15) is 23.7 Å². The molecule has 3 rings (SSSR count). The molecule has 0 atom stereocenters. The van der Waals surface area contributed by atoms with Crippen molar-refractivity contribution in [2.24, 2.45) is 0 Å². The summed E-state index contributed by atoms with van der Waals surface area (Å²) >= 11 is 0. The predicted octanol–water partition coefficient (Wildman–Crippen LogP) is 6.65. The third kappa shape index (κ3) is 4.25. The molecule has 0 spiro atoms. The zero-order chi connectivity index (χ0) is 21.4. The van der Waals surface area contributed by atoms with Gasteiger partial charge in [0, 0.05) is 5.56 Å². The minimum absolute atomic E-state index is 0.112. The van der Waals surface area contributed by atoms with Crippen LogP contribution in [-0.2, 0) is 11.8 Å². The van der Waals surface area contributed by atoms with Crippen molar-refractivity contribution in [3.63, 3.8) is 0 Å². The van der Waals surface area contributed by atoms with Crippen molar-refractivity contribution < 1.29 is 13.2 Å². The van der Waals surface area contributed by atoms with E-state index in [1.807, 2.05) is 24.3 Å². The van der Waals surface area contributed by atoms with Gasteiger partial charge in [0.1, 0.15) is 12.1 Å². The normalized spacial score (nSPS) is 11.9. The molecule has 0 unspecified atom stereocenters. The Hall–Kier alpha value is -3.31. The largest absolute Gasteiger partial charge is 0.393 e. The molecular weight excluding hydrogens is 373 g/mol. The van der Waals surface area contributed by atoms with E-state index in [1.54, 1.807) is 18.2 Å². The van der Waals surface area contributed by atoms with Gasteiger partial charge in [0.15, 0.2) is 0 Å². The van der Waals surface area contributed by atoms with Crippen molar-refractivity contribution in [2.75, 3.05) is 0 Å². The summed E-state index contributed by atoms with van der Waals surface area (Å²) in [5, 5.41) is 20.8. The van der Waals surface area contributed by atoms with Crippen LogP contribution >= 0.6 is 0 Å². The van der Waals surface area contributed by atoms with Gasteiger partial charge in [-0.1, -0.05) is 57.2 Å². The van der Waals surface area contributed by atoms with Crippen LogP contribution < -0.4 is 0 Å². The molecule has 2 nitrogen and oxygen atoms in total. The van der Waals surface area contributed by atoms with Crippen molar-refractivity contribution >= 4 is 10.8 Å². The summed E-state index contributed by atoms with van der Waals surface area (Å²) in [6.45, 7) is 6.19. The highest BCUT2D eigenvalue weighted by Crippen LogP contribution is 2.37. The number of rotatable bonds is 2. The van der Waals surface area contributed by atoms with E-state index in [1.165, 1.54) is 12.1 Å². The van der Waals surface area contributed by atoms with Gasteiger partial charge in [-0.15, -0.1) is 0 Å². The standard InChI is InChI=1S/C24H19F3N2/c1-23(2,3)19-8-7-16-10-18(13-28)21(14-29)22(20(16)11-19)17-6-4-5-15(9-17)12-24(25,26)27/h4-11H,12H2,1-3H3. The monoisotopic (exact) mass is 392 g/mol. The average Bonchev–Trinajstić information content (AvgIpc) is 2.63. The van der Waals surface area contributed by atoms with E-state index >= 15 is 0 Å². The predicted molar refractivity (Wildman–Crippen MR) is 107 cm³/mol. The van der Waals surface area contributed by atoms with Crippen molar-refractivity contribution in [1.29, 1.82) is 10.5 Å². The molecule has 0 N–H and O–H groups in total. The molecule has 0 bridgehead atoms. The van der Waals surface area contributed by atoms with Crippen molar-refractivity contribution in [2.45, 2.75) is 38.8 Å². The van der Waals surface area contributed by atoms with E-state index in [0.717, 1.165) is 16.3 Å². The quantitative estimate of drug-likeness (QED) is 0.490. The van der Waals surface area contributed by atoms with Crippen LogP contribution in [-0.4, -0.2) is 6.18 Å². The average molecular weight is 392 g/mol. The molecule has 3 aromatic carbocycles. The van der Waals surface area contributed by atoms with Gasteiger partial charge in [-0.3, -0.25) is 0 Å². The molecule has 29 heavy (non-hydrogen) atoms. The van der Waals surface area contributed by atoms with Crippen molar-refractivity contribution in [3.8, 4) is 23.3 Å². The van der Waals surface area contributed by atoms with Gasteiger partial charge in [0.05, 0.1) is 17.5 Å². The first kappa shape index (κ1) is 20.4. The fourth-order valence-corrected chi connectivity index (χ4v) is 3.43. The third-order valence-electron chi connectivity index (χ3n) is 4.86. The summed E-state index contributed by atoms with van der Waals surface area (Å²) < 4.78 is 38.6. The molecule has 0 radical (unpaired) electrons. The Balaban J connectivity index is 2.37. The smallest absolute Gasteiger partial charge is 0.192 e. The fourth-order valence-electron chi connectivity index (χ4n) is 3.43. The summed E-state index contributed by atoms with van der Waals surface area (Å²) in [7, 11) is 0. The lowest BCUT2D eigenvalue weighted by Gasteiger charge is -2.21. The Morgan fingerprint density at radius 1 is 0.897 bits per heavy atom. The molecule has 5 heteroatoms. The fraction of sp³-hybridized carbons (Fsp3) is 0.250. The molecular formula is C24H19F3N2. The van der Waals surface area contributed by atoms with Gasteiger partial charge in [0.25, 0.3) is 0 Å². The second kappa shape index (κ2) is 7.26. The van der Waals surface area contributed by atoms with Crippen LogP contribution in [0.1, 0.15) is 43.0 Å². The Morgan fingerprint density at radius 2 is 1.62 bits per heavy atom. The topological polar surface area (TPSA) is 47.6 Å². The van der Waals surface area contributed by atoms with Crippen LogP contribution in [0.5, 0.6) is 0 Å². The maximum atomic E-state index is 12.9. The zero-order valence-corrected chi connectivity index (χ0v) is 16.4.